The van der Waals surface area contributed by atoms with Crippen molar-refractivity contribution < 1.29 is 33.8 Å². The lowest BCUT2D eigenvalue weighted by Crippen LogP contribution is -2.59. The average molecular weight is 732 g/mol. The van der Waals surface area contributed by atoms with Crippen molar-refractivity contribution in [3.63, 3.8) is 0 Å². The maximum absolute atomic E-state index is 14.2. The first-order valence-corrected chi connectivity index (χ1v) is 19.0. The Morgan fingerprint density at radius 2 is 1.52 bits per heavy atom. The normalized spacial score (nSPS) is 20.1. The van der Waals surface area contributed by atoms with Gasteiger partial charge >= 0.3 is 0 Å². The van der Waals surface area contributed by atoms with Crippen LogP contribution in [-0.2, 0) is 28.7 Å². The van der Waals surface area contributed by atoms with Gasteiger partial charge < -0.3 is 35.0 Å². The van der Waals surface area contributed by atoms with Crippen molar-refractivity contribution in [2.75, 3.05) is 41.9 Å². The van der Waals surface area contributed by atoms with Gasteiger partial charge in [-0.2, -0.15) is 0 Å². The molecule has 4 amide bonds. The third kappa shape index (κ3) is 11.5. The molecule has 1 saturated heterocycles. The highest BCUT2D eigenvalue weighted by molar-refractivity contribution is 5.90. The predicted octanol–water partition coefficient (Wildman–Crippen LogP) is 3.87. The third-order valence-corrected chi connectivity index (χ3v) is 10.9. The molecule has 0 bridgehead atoms. The lowest BCUT2D eigenvalue weighted by atomic mass is 9.89. The van der Waals surface area contributed by atoms with E-state index >= 15 is 0 Å². The van der Waals surface area contributed by atoms with Crippen molar-refractivity contribution in [3.8, 4) is 0 Å². The van der Waals surface area contributed by atoms with Gasteiger partial charge in [0, 0.05) is 27.8 Å². The fourth-order valence-corrected chi connectivity index (χ4v) is 7.78. The Balaban J connectivity index is 2.25. The number of hydrogen-bond acceptors (Lipinski definition) is 8. The smallest absolute Gasteiger partial charge is 0.245 e. The first-order valence-electron chi connectivity index (χ1n) is 19.0. The van der Waals surface area contributed by atoms with E-state index in [-0.39, 0.29) is 53.8 Å². The van der Waals surface area contributed by atoms with E-state index in [1.165, 1.54) is 0 Å². The monoisotopic (exact) mass is 732 g/mol. The molecule has 0 spiro atoms. The van der Waals surface area contributed by atoms with E-state index in [0.717, 1.165) is 12.8 Å². The highest BCUT2D eigenvalue weighted by atomic mass is 16.5. The Morgan fingerprint density at radius 1 is 0.904 bits per heavy atom. The van der Waals surface area contributed by atoms with Crippen molar-refractivity contribution in [3.05, 3.63) is 35.9 Å². The molecule has 0 aliphatic carbocycles. The van der Waals surface area contributed by atoms with Gasteiger partial charge in [0.15, 0.2) is 0 Å². The molecule has 2 rings (SSSR count). The topological polar surface area (TPSA) is 141 Å². The molecule has 0 radical (unpaired) electrons. The summed E-state index contributed by atoms with van der Waals surface area (Å²) in [5, 5.41) is 16.8. The van der Waals surface area contributed by atoms with Crippen LogP contribution in [0, 0.1) is 23.7 Å². The van der Waals surface area contributed by atoms with Crippen LogP contribution >= 0.6 is 0 Å². The van der Waals surface area contributed by atoms with E-state index in [4.69, 9.17) is 9.47 Å². The van der Waals surface area contributed by atoms with Crippen molar-refractivity contribution in [2.24, 2.45) is 23.7 Å². The Hall–Kier alpha value is -3.06. The van der Waals surface area contributed by atoms with Crippen LogP contribution < -0.4 is 10.6 Å². The van der Waals surface area contributed by atoms with E-state index in [1.807, 2.05) is 90.9 Å². The lowest BCUT2D eigenvalue weighted by Gasteiger charge is -2.41. The fourth-order valence-electron chi connectivity index (χ4n) is 7.78. The molecule has 0 aromatic heterocycles. The number of nitrogens with one attached hydrogen (secondary N) is 2. The lowest BCUT2D eigenvalue weighted by molar-refractivity contribution is -0.148. The Kier molecular flexibility index (Phi) is 18.2. The van der Waals surface area contributed by atoms with E-state index in [2.05, 4.69) is 10.6 Å². The van der Waals surface area contributed by atoms with Gasteiger partial charge in [0.1, 0.15) is 6.04 Å². The Morgan fingerprint density at radius 3 is 2.02 bits per heavy atom. The molecule has 3 N–H and O–H groups in total. The molecule has 52 heavy (non-hydrogen) atoms. The number of likely N-dealkylation sites (tertiary alicyclic amines) is 1. The SMILES string of the molecule is CC[C@H](C)[C@@H]([C@@H](CC(=O)N1CCC[C@H]1C(OC)[C@@H](C)C(=O)N[C@H](C)[C@@H](O)c1ccccc1)OC)N(C)C(=O)[C@@H](NC(=O)[C@H](C(C)C)N(C)C)C(C)C. The molecule has 1 aromatic carbocycles. The van der Waals surface area contributed by atoms with Gasteiger partial charge in [-0.15, -0.1) is 0 Å². The number of carbonyl (C=O) groups is 4. The molecule has 12 nitrogen and oxygen atoms in total. The minimum atomic E-state index is -0.876. The van der Waals surface area contributed by atoms with Gasteiger partial charge in [0.2, 0.25) is 23.6 Å². The number of nitrogens with zero attached hydrogens (tertiary/aromatic N) is 3. The second-order valence-electron chi connectivity index (χ2n) is 15.6. The van der Waals surface area contributed by atoms with Crippen LogP contribution in [0.2, 0.25) is 0 Å². The van der Waals surface area contributed by atoms with Crippen LogP contribution in [0.3, 0.4) is 0 Å². The van der Waals surface area contributed by atoms with Crippen LogP contribution in [-0.4, -0.2) is 128 Å². The molecule has 1 aliphatic heterocycles. The summed E-state index contributed by atoms with van der Waals surface area (Å²) in [4.78, 5) is 60.6. The number of benzene rings is 1. The summed E-state index contributed by atoms with van der Waals surface area (Å²) in [6.07, 6.45) is 0.148. The highest BCUT2D eigenvalue weighted by Gasteiger charge is 2.43. The number of rotatable bonds is 20. The molecular weight excluding hydrogens is 662 g/mol. The molecule has 1 aromatic rings. The fraction of sp³-hybridized carbons (Fsp3) is 0.750. The predicted molar refractivity (Wildman–Crippen MR) is 204 cm³/mol. The Labute approximate surface area is 313 Å². The van der Waals surface area contributed by atoms with Crippen molar-refractivity contribution >= 4 is 23.6 Å². The largest absolute Gasteiger partial charge is 0.386 e. The zero-order chi connectivity index (χ0) is 39.4. The maximum Gasteiger partial charge on any atom is 0.245 e. The van der Waals surface area contributed by atoms with Gasteiger partial charge in [0.25, 0.3) is 0 Å². The van der Waals surface area contributed by atoms with E-state index in [0.29, 0.717) is 18.5 Å². The number of methoxy groups -OCH3 is 2. The summed E-state index contributed by atoms with van der Waals surface area (Å²) in [5.41, 5.74) is 0.711. The number of likely N-dealkylation sites (N-methyl/N-ethyl adjacent to an activating group) is 2. The second-order valence-corrected chi connectivity index (χ2v) is 15.6. The van der Waals surface area contributed by atoms with Gasteiger partial charge in [0.05, 0.1) is 54.8 Å². The van der Waals surface area contributed by atoms with Crippen LogP contribution in [0.15, 0.2) is 30.3 Å². The van der Waals surface area contributed by atoms with E-state index < -0.39 is 48.4 Å². The highest BCUT2D eigenvalue weighted by Crippen LogP contribution is 2.30. The summed E-state index contributed by atoms with van der Waals surface area (Å²) in [7, 11) is 8.57. The summed E-state index contributed by atoms with van der Waals surface area (Å²) < 4.78 is 11.9. The van der Waals surface area contributed by atoms with Crippen LogP contribution in [0.5, 0.6) is 0 Å². The number of amides is 4. The summed E-state index contributed by atoms with van der Waals surface area (Å²) in [6, 6.07) is 6.72. The number of aliphatic hydroxyl groups excluding tert-OH is 1. The molecule has 10 atom stereocenters. The van der Waals surface area contributed by atoms with Crippen molar-refractivity contribution in [1.29, 1.82) is 0 Å². The molecule has 296 valence electrons. The maximum atomic E-state index is 14.2. The van der Waals surface area contributed by atoms with Crippen LogP contribution in [0.25, 0.3) is 0 Å². The van der Waals surface area contributed by atoms with Gasteiger partial charge in [-0.1, -0.05) is 85.2 Å². The van der Waals surface area contributed by atoms with Gasteiger partial charge in [-0.25, -0.2) is 0 Å². The number of carbonyl (C=O) groups excluding carboxylic acids is 4. The first-order chi connectivity index (χ1) is 24.4. The quantitative estimate of drug-likeness (QED) is 0.184. The Bertz CT molecular complexity index is 1270. The second kappa shape index (κ2) is 21.0. The van der Waals surface area contributed by atoms with Crippen LogP contribution in [0.1, 0.15) is 92.7 Å². The number of hydrogen-bond donors (Lipinski definition) is 3. The van der Waals surface area contributed by atoms with Gasteiger partial charge in [-0.3, -0.25) is 24.1 Å². The molecule has 1 heterocycles. The standard InChI is InChI=1S/C40H69N5O7/c1-14-26(6)35(44(11)40(50)33(24(2)3)42-39(49)34(25(4)5)43(9)10)31(51-12)23-32(46)45-22-18-21-30(45)37(52-13)27(7)38(48)41-28(8)36(47)29-19-16-15-17-20-29/h15-17,19-20,24-28,30-31,33-37,47H,14,18,21-23H2,1-13H3,(H,41,48)(H,42,49)/t26-,27+,28+,30-,31+,33-,34-,35-,36+,37?/m0/s1. The van der Waals surface area contributed by atoms with Gasteiger partial charge in [-0.05, 0) is 57.2 Å². The first kappa shape index (κ1) is 45.1. The van der Waals surface area contributed by atoms with Crippen LogP contribution in [0.4, 0.5) is 0 Å². The molecular formula is C40H69N5O7. The molecule has 1 fully saturated rings. The minimum absolute atomic E-state index is 0.0153. The molecule has 1 unspecified atom stereocenters. The molecule has 12 heteroatoms. The summed E-state index contributed by atoms with van der Waals surface area (Å²) in [5.74, 6) is -1.57. The number of aliphatic hydroxyl groups is 1. The van der Waals surface area contributed by atoms with Crippen molar-refractivity contribution in [1.82, 2.24) is 25.3 Å². The molecule has 1 aliphatic rings. The summed E-state index contributed by atoms with van der Waals surface area (Å²) in [6.45, 7) is 16.0. The number of ether oxygens (including phenoxy) is 2. The zero-order valence-corrected chi connectivity index (χ0v) is 34.1. The van der Waals surface area contributed by atoms with E-state index in [1.54, 1.807) is 44.9 Å². The minimum Gasteiger partial charge on any atom is -0.386 e. The summed E-state index contributed by atoms with van der Waals surface area (Å²) >= 11 is 0. The molecule has 0 saturated carbocycles. The van der Waals surface area contributed by atoms with E-state index in [9.17, 15) is 24.3 Å². The third-order valence-electron chi connectivity index (χ3n) is 10.9. The van der Waals surface area contributed by atoms with Crippen molar-refractivity contribution in [2.45, 2.75) is 130 Å². The zero-order valence-electron chi connectivity index (χ0n) is 34.1. The average Bonchev–Trinajstić information content (AvgIpc) is 3.59.